The average molecular weight is 355 g/mol. The van der Waals surface area contributed by atoms with Crippen molar-refractivity contribution in [2.24, 2.45) is 0 Å². The van der Waals surface area contributed by atoms with E-state index in [1.807, 2.05) is 36.2 Å². The van der Waals surface area contributed by atoms with Gasteiger partial charge in [0.25, 0.3) is 0 Å². The second-order valence-electron chi connectivity index (χ2n) is 4.45. The van der Waals surface area contributed by atoms with Crippen LogP contribution in [0.1, 0.15) is 15.9 Å². The van der Waals surface area contributed by atoms with Crippen LogP contribution in [-0.4, -0.2) is 18.1 Å². The Balaban J connectivity index is 2.17. The summed E-state index contributed by atoms with van der Waals surface area (Å²) in [4.78, 5) is 12.9. The van der Waals surface area contributed by atoms with Crippen LogP contribution in [0.4, 0.5) is 5.69 Å². The van der Waals surface area contributed by atoms with Crippen LogP contribution in [0.2, 0.25) is 5.02 Å². The maximum atomic E-state index is 10.9. The van der Waals surface area contributed by atoms with E-state index in [1.54, 1.807) is 12.1 Å². The van der Waals surface area contributed by atoms with E-state index in [-0.39, 0.29) is 10.6 Å². The number of hydrogen-bond donors (Lipinski definition) is 1. The zero-order valence-corrected chi connectivity index (χ0v) is 13.1. The van der Waals surface area contributed by atoms with Crippen molar-refractivity contribution in [3.8, 4) is 0 Å². The Morgan fingerprint density at radius 3 is 2.45 bits per heavy atom. The fraction of sp³-hybridized carbons (Fsp3) is 0.133. The van der Waals surface area contributed by atoms with Crippen LogP contribution in [0.5, 0.6) is 0 Å². The molecule has 2 rings (SSSR count). The Labute approximate surface area is 130 Å². The molecular weight excluding hydrogens is 342 g/mol. The van der Waals surface area contributed by atoms with Crippen LogP contribution in [-0.2, 0) is 6.54 Å². The third-order valence-corrected chi connectivity index (χ3v) is 3.80. The largest absolute Gasteiger partial charge is 0.478 e. The van der Waals surface area contributed by atoms with E-state index < -0.39 is 5.97 Å². The summed E-state index contributed by atoms with van der Waals surface area (Å²) in [5.41, 5.74) is 2.16. The molecule has 0 bridgehead atoms. The number of halogens is 2. The van der Waals surface area contributed by atoms with Crippen molar-refractivity contribution in [1.29, 1.82) is 0 Å². The molecule has 1 N–H and O–H groups in total. The van der Waals surface area contributed by atoms with Gasteiger partial charge in [0.1, 0.15) is 0 Å². The zero-order valence-electron chi connectivity index (χ0n) is 10.8. The van der Waals surface area contributed by atoms with E-state index in [2.05, 4.69) is 15.9 Å². The molecule has 0 radical (unpaired) electrons. The smallest absolute Gasteiger partial charge is 0.337 e. The summed E-state index contributed by atoms with van der Waals surface area (Å²) < 4.78 is 1.04. The van der Waals surface area contributed by atoms with Gasteiger partial charge in [-0.3, -0.25) is 0 Å². The first-order valence-electron chi connectivity index (χ1n) is 5.96. The van der Waals surface area contributed by atoms with E-state index >= 15 is 0 Å². The molecule has 0 fully saturated rings. The summed E-state index contributed by atoms with van der Waals surface area (Å²) in [6.07, 6.45) is 0. The molecule has 0 aliphatic carbocycles. The summed E-state index contributed by atoms with van der Waals surface area (Å²) in [5.74, 6) is -1.02. The van der Waals surface area contributed by atoms with Gasteiger partial charge in [-0.1, -0.05) is 39.7 Å². The predicted octanol–water partition coefficient (Wildman–Crippen LogP) is 4.44. The van der Waals surface area contributed by atoms with Crippen molar-refractivity contribution in [3.63, 3.8) is 0 Å². The van der Waals surface area contributed by atoms with Crippen molar-refractivity contribution in [1.82, 2.24) is 0 Å². The first-order valence-corrected chi connectivity index (χ1v) is 7.13. The quantitative estimate of drug-likeness (QED) is 0.882. The van der Waals surface area contributed by atoms with Gasteiger partial charge < -0.3 is 10.0 Å². The molecule has 0 aliphatic heterocycles. The first-order chi connectivity index (χ1) is 9.47. The topological polar surface area (TPSA) is 40.5 Å². The number of aromatic carboxylic acids is 1. The molecule has 104 valence electrons. The lowest BCUT2D eigenvalue weighted by atomic mass is 10.1. The van der Waals surface area contributed by atoms with Crippen LogP contribution in [0.25, 0.3) is 0 Å². The molecular formula is C15H13BrClNO2. The summed E-state index contributed by atoms with van der Waals surface area (Å²) in [6, 6.07) is 13.0. The second kappa shape index (κ2) is 6.29. The van der Waals surface area contributed by atoms with Gasteiger partial charge >= 0.3 is 5.97 Å². The molecule has 5 heteroatoms. The van der Waals surface area contributed by atoms with Crippen molar-refractivity contribution in [2.75, 3.05) is 11.9 Å². The monoisotopic (exact) mass is 353 g/mol. The van der Waals surface area contributed by atoms with Gasteiger partial charge in [-0.05, 0) is 35.9 Å². The normalized spacial score (nSPS) is 10.3. The minimum absolute atomic E-state index is 0.118. The van der Waals surface area contributed by atoms with E-state index in [1.165, 1.54) is 6.07 Å². The molecule has 0 spiro atoms. The van der Waals surface area contributed by atoms with Crippen molar-refractivity contribution in [3.05, 3.63) is 63.1 Å². The molecule has 2 aromatic carbocycles. The summed E-state index contributed by atoms with van der Waals surface area (Å²) in [6.45, 7) is 0.718. The van der Waals surface area contributed by atoms with Crippen molar-refractivity contribution in [2.45, 2.75) is 6.54 Å². The van der Waals surface area contributed by atoms with E-state index in [9.17, 15) is 4.79 Å². The molecule has 0 unspecified atom stereocenters. The fourth-order valence-corrected chi connectivity index (χ4v) is 2.39. The molecule has 0 aliphatic rings. The number of benzene rings is 2. The van der Waals surface area contributed by atoms with Gasteiger partial charge in [0.2, 0.25) is 0 Å². The number of hydrogen-bond acceptors (Lipinski definition) is 2. The van der Waals surface area contributed by atoms with Gasteiger partial charge in [-0.2, -0.15) is 0 Å². The average Bonchev–Trinajstić information content (AvgIpc) is 2.40. The number of rotatable bonds is 4. The van der Waals surface area contributed by atoms with Crippen molar-refractivity contribution < 1.29 is 9.90 Å². The lowest BCUT2D eigenvalue weighted by Crippen LogP contribution is -2.16. The molecule has 0 heterocycles. The number of carboxylic acids is 1. The summed E-state index contributed by atoms with van der Waals surface area (Å²) in [5, 5.41) is 9.20. The van der Waals surface area contributed by atoms with Crippen LogP contribution >= 0.6 is 27.5 Å². The highest BCUT2D eigenvalue weighted by molar-refractivity contribution is 9.10. The molecule has 0 saturated carbocycles. The van der Waals surface area contributed by atoms with Crippen LogP contribution in [0.3, 0.4) is 0 Å². The number of anilines is 1. The number of nitrogens with zero attached hydrogens (tertiary/aromatic N) is 1. The Morgan fingerprint density at radius 1 is 1.25 bits per heavy atom. The summed E-state index contributed by atoms with van der Waals surface area (Å²) in [7, 11) is 1.94. The number of carboxylic acid groups (broad SMARTS) is 1. The standard InChI is InChI=1S/C15H13BrClNO2/c1-18(9-10-2-4-11(16)5-3-10)12-6-7-13(15(19)20)14(17)8-12/h2-8H,9H2,1H3,(H,19,20). The Bertz CT molecular complexity index is 628. The lowest BCUT2D eigenvalue weighted by molar-refractivity contribution is 0.0697. The molecule has 2 aromatic rings. The summed E-state index contributed by atoms with van der Waals surface area (Å²) >= 11 is 9.38. The van der Waals surface area contributed by atoms with E-state index in [0.29, 0.717) is 0 Å². The van der Waals surface area contributed by atoms with Gasteiger partial charge in [0, 0.05) is 23.8 Å². The number of carbonyl (C=O) groups is 1. The highest BCUT2D eigenvalue weighted by atomic mass is 79.9. The van der Waals surface area contributed by atoms with Crippen LogP contribution < -0.4 is 4.90 Å². The zero-order chi connectivity index (χ0) is 14.7. The molecule has 0 saturated heterocycles. The third-order valence-electron chi connectivity index (χ3n) is 2.96. The Morgan fingerprint density at radius 2 is 1.90 bits per heavy atom. The molecule has 20 heavy (non-hydrogen) atoms. The first kappa shape index (κ1) is 14.9. The maximum Gasteiger partial charge on any atom is 0.337 e. The highest BCUT2D eigenvalue weighted by Crippen LogP contribution is 2.24. The van der Waals surface area contributed by atoms with E-state index in [0.717, 1.165) is 22.3 Å². The lowest BCUT2D eigenvalue weighted by Gasteiger charge is -2.20. The Hall–Kier alpha value is -1.52. The second-order valence-corrected chi connectivity index (χ2v) is 5.77. The van der Waals surface area contributed by atoms with Gasteiger partial charge in [-0.25, -0.2) is 4.79 Å². The predicted molar refractivity (Wildman–Crippen MR) is 84.7 cm³/mol. The van der Waals surface area contributed by atoms with Crippen LogP contribution in [0.15, 0.2) is 46.9 Å². The Kier molecular flexibility index (Phi) is 4.68. The third kappa shape index (κ3) is 3.52. The minimum atomic E-state index is -1.02. The van der Waals surface area contributed by atoms with E-state index in [4.69, 9.17) is 16.7 Å². The van der Waals surface area contributed by atoms with Crippen molar-refractivity contribution >= 4 is 39.2 Å². The molecule has 0 amide bonds. The minimum Gasteiger partial charge on any atom is -0.478 e. The molecule has 0 aromatic heterocycles. The van der Waals surface area contributed by atoms with Crippen LogP contribution in [0, 0.1) is 0 Å². The maximum absolute atomic E-state index is 10.9. The van der Waals surface area contributed by atoms with Gasteiger partial charge in [-0.15, -0.1) is 0 Å². The van der Waals surface area contributed by atoms with Gasteiger partial charge in [0.05, 0.1) is 10.6 Å². The SMILES string of the molecule is CN(Cc1ccc(Br)cc1)c1ccc(C(=O)O)c(Cl)c1. The highest BCUT2D eigenvalue weighted by Gasteiger charge is 2.10. The van der Waals surface area contributed by atoms with Gasteiger partial charge in [0.15, 0.2) is 0 Å². The fourth-order valence-electron chi connectivity index (χ4n) is 1.87. The molecule has 0 atom stereocenters. The molecule has 3 nitrogen and oxygen atoms in total.